The Morgan fingerprint density at radius 2 is 1.77 bits per heavy atom. The fraction of sp³-hybridized carbons (Fsp3) is 0.429. The minimum absolute atomic E-state index is 0.0421. The molecule has 1 fully saturated rings. The predicted molar refractivity (Wildman–Crippen MR) is 137 cm³/mol. The van der Waals surface area contributed by atoms with Crippen LogP contribution in [-0.2, 0) is 22.4 Å². The lowest BCUT2D eigenvalue weighted by Crippen LogP contribution is -2.37. The molecule has 0 atom stereocenters. The number of hydrogen-bond acceptors (Lipinski definition) is 7. The highest BCUT2D eigenvalue weighted by Crippen LogP contribution is 2.31. The van der Waals surface area contributed by atoms with Gasteiger partial charge in [0, 0.05) is 31.9 Å². The molecule has 1 N–H and O–H groups in total. The molecule has 1 aromatic carbocycles. The van der Waals surface area contributed by atoms with Crippen molar-refractivity contribution in [3.8, 4) is 11.5 Å². The van der Waals surface area contributed by atoms with Crippen LogP contribution in [0.2, 0.25) is 0 Å². The number of esters is 1. The molecule has 3 aromatic rings. The highest BCUT2D eigenvalue weighted by atomic mass is 16.5. The third-order valence-electron chi connectivity index (χ3n) is 6.87. The van der Waals surface area contributed by atoms with Gasteiger partial charge < -0.3 is 15.0 Å². The van der Waals surface area contributed by atoms with E-state index in [0.717, 1.165) is 62.6 Å². The van der Waals surface area contributed by atoms with Crippen LogP contribution in [0.5, 0.6) is 0 Å². The molecule has 0 radical (unpaired) electrons. The molecule has 182 valence electrons. The second-order valence-electron chi connectivity index (χ2n) is 9.84. The Kier molecular flexibility index (Phi) is 6.93. The van der Waals surface area contributed by atoms with Crippen LogP contribution in [0.4, 0.5) is 11.6 Å². The van der Waals surface area contributed by atoms with Gasteiger partial charge in [0.05, 0.1) is 5.92 Å². The minimum Gasteiger partial charge on any atom is -0.462 e. The lowest BCUT2D eigenvalue weighted by Gasteiger charge is -2.35. The van der Waals surface area contributed by atoms with E-state index >= 15 is 0 Å². The van der Waals surface area contributed by atoms with Crippen molar-refractivity contribution in [3.05, 3.63) is 65.9 Å². The van der Waals surface area contributed by atoms with Crippen molar-refractivity contribution in [2.24, 2.45) is 11.8 Å². The van der Waals surface area contributed by atoms with Gasteiger partial charge >= 0.3 is 5.97 Å². The van der Waals surface area contributed by atoms with Crippen LogP contribution in [0.1, 0.15) is 37.8 Å². The number of nitrogens with zero attached hydrogens (tertiary/aromatic N) is 4. The van der Waals surface area contributed by atoms with Gasteiger partial charge in [-0.15, -0.1) is 0 Å². The van der Waals surface area contributed by atoms with Gasteiger partial charge in [-0.3, -0.25) is 9.78 Å². The first kappa shape index (κ1) is 23.3. The molecule has 0 unspecified atom stereocenters. The number of aromatic nitrogens is 3. The average Bonchev–Trinajstić information content (AvgIpc) is 3.08. The molecular weight excluding hydrogens is 438 g/mol. The minimum atomic E-state index is -0.110. The quantitative estimate of drug-likeness (QED) is 0.507. The van der Waals surface area contributed by atoms with Crippen LogP contribution in [0, 0.1) is 11.8 Å². The van der Waals surface area contributed by atoms with Gasteiger partial charge in [0.1, 0.15) is 23.4 Å². The largest absolute Gasteiger partial charge is 0.462 e. The highest BCUT2D eigenvalue weighted by molar-refractivity contribution is 5.71. The normalized spacial score (nSPS) is 19.5. The van der Waals surface area contributed by atoms with Gasteiger partial charge in [-0.1, -0.05) is 44.2 Å². The number of carbonyl (C=O) groups is 1. The van der Waals surface area contributed by atoms with Crippen LogP contribution < -0.4 is 10.2 Å². The number of rotatable bonds is 7. The van der Waals surface area contributed by atoms with Crippen LogP contribution in [0.3, 0.4) is 0 Å². The molecule has 7 heteroatoms. The summed E-state index contributed by atoms with van der Waals surface area (Å²) in [7, 11) is 0. The van der Waals surface area contributed by atoms with E-state index < -0.39 is 0 Å². The first-order valence-corrected chi connectivity index (χ1v) is 12.6. The second-order valence-corrected chi connectivity index (χ2v) is 9.84. The molecule has 0 bridgehead atoms. The number of hydrogen-bond donors (Lipinski definition) is 1. The van der Waals surface area contributed by atoms with Crippen molar-refractivity contribution in [2.75, 3.05) is 29.9 Å². The number of fused-ring (bicyclic) bond motifs is 1. The Hall–Kier alpha value is -3.48. The number of pyridine rings is 1. The standard InChI is InChI=1S/C28H33N5O2/c1-19(2)28(34)35-23-15-20(16-23)18-30-25-17-26(32-27(31-25)24-9-5-6-12-29-24)33-13-10-21-7-3-4-8-22(21)11-14-33/h3-9,12,17,19-20,23H,10-11,13-16,18H2,1-2H3,(H,30,31,32)/t20-,23+. The molecule has 35 heavy (non-hydrogen) atoms. The maximum atomic E-state index is 11.8. The fourth-order valence-corrected chi connectivity index (χ4v) is 4.68. The Morgan fingerprint density at radius 3 is 2.43 bits per heavy atom. The molecule has 0 saturated heterocycles. The van der Waals surface area contributed by atoms with Gasteiger partial charge in [-0.05, 0) is 54.9 Å². The highest BCUT2D eigenvalue weighted by Gasteiger charge is 2.32. The topological polar surface area (TPSA) is 80.2 Å². The SMILES string of the molecule is CC(C)C(=O)O[C@H]1C[C@@H](CNc2cc(N3CCc4ccccc4CC3)nc(-c3ccccn3)n2)C1. The van der Waals surface area contributed by atoms with E-state index in [1.54, 1.807) is 6.20 Å². The summed E-state index contributed by atoms with van der Waals surface area (Å²) in [5.74, 6) is 2.63. The number of carbonyl (C=O) groups excluding carboxylic acids is 1. The zero-order chi connectivity index (χ0) is 24.2. The fourth-order valence-electron chi connectivity index (χ4n) is 4.68. The average molecular weight is 472 g/mol. The van der Waals surface area contributed by atoms with Crippen LogP contribution in [0.25, 0.3) is 11.5 Å². The van der Waals surface area contributed by atoms with Crippen molar-refractivity contribution in [1.82, 2.24) is 15.0 Å². The molecule has 2 aromatic heterocycles. The number of ether oxygens (including phenoxy) is 1. The Bertz CT molecular complexity index is 1130. The third kappa shape index (κ3) is 5.61. The third-order valence-corrected chi connectivity index (χ3v) is 6.87. The van der Waals surface area contributed by atoms with Gasteiger partial charge in [0.25, 0.3) is 0 Å². The number of nitrogens with one attached hydrogen (secondary N) is 1. The van der Waals surface area contributed by atoms with Gasteiger partial charge in [-0.25, -0.2) is 9.97 Å². The molecule has 7 nitrogen and oxygen atoms in total. The van der Waals surface area contributed by atoms with E-state index in [2.05, 4.69) is 45.5 Å². The van der Waals surface area contributed by atoms with Crippen molar-refractivity contribution in [1.29, 1.82) is 0 Å². The first-order valence-electron chi connectivity index (χ1n) is 12.6. The van der Waals surface area contributed by atoms with Gasteiger partial charge in [-0.2, -0.15) is 0 Å². The Balaban J connectivity index is 1.29. The van der Waals surface area contributed by atoms with Crippen molar-refractivity contribution in [2.45, 2.75) is 45.6 Å². The summed E-state index contributed by atoms with van der Waals surface area (Å²) < 4.78 is 5.54. The van der Waals surface area contributed by atoms with Gasteiger partial charge in [0.15, 0.2) is 5.82 Å². The van der Waals surface area contributed by atoms with E-state index in [1.807, 2.05) is 32.0 Å². The van der Waals surface area contributed by atoms with Crippen molar-refractivity contribution < 1.29 is 9.53 Å². The number of anilines is 2. The summed E-state index contributed by atoms with van der Waals surface area (Å²) in [6.45, 7) is 6.37. The van der Waals surface area contributed by atoms with E-state index in [1.165, 1.54) is 11.1 Å². The molecular formula is C28H33N5O2. The van der Waals surface area contributed by atoms with Crippen LogP contribution >= 0.6 is 0 Å². The lowest BCUT2D eigenvalue weighted by atomic mass is 9.82. The molecule has 0 spiro atoms. The van der Waals surface area contributed by atoms with Gasteiger partial charge in [0.2, 0.25) is 0 Å². The van der Waals surface area contributed by atoms with Crippen molar-refractivity contribution >= 4 is 17.6 Å². The summed E-state index contributed by atoms with van der Waals surface area (Å²) in [4.78, 5) is 28.4. The van der Waals surface area contributed by atoms with Crippen LogP contribution in [0.15, 0.2) is 54.7 Å². The Labute approximate surface area is 207 Å². The molecule has 1 aliphatic heterocycles. The second kappa shape index (κ2) is 10.4. The van der Waals surface area contributed by atoms with Crippen LogP contribution in [-0.4, -0.2) is 46.7 Å². The maximum Gasteiger partial charge on any atom is 0.308 e. The summed E-state index contributed by atoms with van der Waals surface area (Å²) in [6.07, 6.45) is 5.59. The van der Waals surface area contributed by atoms with E-state index in [0.29, 0.717) is 11.7 Å². The molecule has 5 rings (SSSR count). The zero-order valence-electron chi connectivity index (χ0n) is 20.5. The Morgan fingerprint density at radius 1 is 1.06 bits per heavy atom. The molecule has 1 saturated carbocycles. The first-order chi connectivity index (χ1) is 17.0. The number of benzene rings is 1. The zero-order valence-corrected chi connectivity index (χ0v) is 20.5. The van der Waals surface area contributed by atoms with Crippen molar-refractivity contribution in [3.63, 3.8) is 0 Å². The summed E-state index contributed by atoms with van der Waals surface area (Å²) in [6, 6.07) is 16.6. The molecule has 3 heterocycles. The smallest absolute Gasteiger partial charge is 0.308 e. The van der Waals surface area contributed by atoms with E-state index in [4.69, 9.17) is 14.7 Å². The molecule has 1 aliphatic carbocycles. The molecule has 2 aliphatic rings. The molecule has 0 amide bonds. The maximum absolute atomic E-state index is 11.8. The summed E-state index contributed by atoms with van der Waals surface area (Å²) in [5, 5.41) is 3.52. The summed E-state index contributed by atoms with van der Waals surface area (Å²) in [5.41, 5.74) is 3.61. The predicted octanol–water partition coefficient (Wildman–Crippen LogP) is 4.53. The lowest BCUT2D eigenvalue weighted by molar-refractivity contribution is -0.159. The summed E-state index contributed by atoms with van der Waals surface area (Å²) >= 11 is 0. The van der Waals surface area contributed by atoms with E-state index in [-0.39, 0.29) is 18.0 Å². The van der Waals surface area contributed by atoms with E-state index in [9.17, 15) is 4.79 Å². The monoisotopic (exact) mass is 471 g/mol.